The molecule has 1 heterocycles. The van der Waals surface area contributed by atoms with E-state index in [0.717, 1.165) is 28.3 Å². The van der Waals surface area contributed by atoms with Gasteiger partial charge in [-0.25, -0.2) is 4.79 Å². The molecule has 186 valence electrons. The van der Waals surface area contributed by atoms with Crippen LogP contribution in [-0.4, -0.2) is 26.6 Å². The zero-order chi connectivity index (χ0) is 25.7. The summed E-state index contributed by atoms with van der Waals surface area (Å²) >= 11 is 8.65. The predicted molar refractivity (Wildman–Crippen MR) is 147 cm³/mol. The number of rotatable bonds is 5. The van der Waals surface area contributed by atoms with Crippen LogP contribution in [0.25, 0.3) is 10.8 Å². The number of hydrogen-bond acceptors (Lipinski definition) is 5. The van der Waals surface area contributed by atoms with E-state index in [4.69, 9.17) is 11.6 Å². The van der Waals surface area contributed by atoms with Crippen molar-refractivity contribution < 1.29 is 14.8 Å². The SMILES string of the molecule is O=C(O)c1cccc2c1N[C@H](c1cccc3ccccc13)[C@H]1C[C@H](Sc3ccccc3[N+](=O)[O-])[C@H](Cl)[C@H]21. The molecule has 1 fully saturated rings. The van der Waals surface area contributed by atoms with Crippen LogP contribution in [-0.2, 0) is 0 Å². The van der Waals surface area contributed by atoms with Gasteiger partial charge in [0.05, 0.1) is 32.5 Å². The number of carboxylic acid groups (broad SMARTS) is 1. The molecule has 0 radical (unpaired) electrons. The van der Waals surface area contributed by atoms with Crippen molar-refractivity contribution in [1.82, 2.24) is 0 Å². The van der Waals surface area contributed by atoms with Crippen LogP contribution in [0.3, 0.4) is 0 Å². The van der Waals surface area contributed by atoms with Crippen molar-refractivity contribution in [2.75, 3.05) is 5.32 Å². The Morgan fingerprint density at radius 3 is 2.49 bits per heavy atom. The average Bonchev–Trinajstić information content (AvgIpc) is 3.23. The van der Waals surface area contributed by atoms with Crippen molar-refractivity contribution in [2.45, 2.75) is 33.9 Å². The normalized spacial score (nSPS) is 24.2. The molecular weight excluding hydrogens is 508 g/mol. The number of nitrogens with zero attached hydrogens (tertiary/aromatic N) is 1. The number of carbonyl (C=O) groups is 1. The zero-order valence-corrected chi connectivity index (χ0v) is 21.2. The Hall–Kier alpha value is -3.55. The molecular formula is C29H23ClN2O4S. The van der Waals surface area contributed by atoms with Crippen LogP contribution in [0.15, 0.2) is 89.8 Å². The van der Waals surface area contributed by atoms with E-state index in [1.54, 1.807) is 30.3 Å². The maximum absolute atomic E-state index is 12.2. The fourth-order valence-corrected chi connectivity index (χ4v) is 7.97. The van der Waals surface area contributed by atoms with E-state index in [1.165, 1.54) is 17.8 Å². The summed E-state index contributed by atoms with van der Waals surface area (Å²) in [6.07, 6.45) is 0.729. The van der Waals surface area contributed by atoms with Gasteiger partial charge in [-0.2, -0.15) is 0 Å². The molecule has 8 heteroatoms. The molecule has 1 aliphatic heterocycles. The molecule has 0 spiro atoms. The Labute approximate surface area is 222 Å². The Morgan fingerprint density at radius 1 is 0.973 bits per heavy atom. The van der Waals surface area contributed by atoms with E-state index in [2.05, 4.69) is 29.6 Å². The molecule has 6 nitrogen and oxygen atoms in total. The van der Waals surface area contributed by atoms with E-state index in [-0.39, 0.29) is 44.7 Å². The highest BCUT2D eigenvalue weighted by Gasteiger charge is 2.51. The van der Waals surface area contributed by atoms with Crippen LogP contribution in [0.4, 0.5) is 11.4 Å². The van der Waals surface area contributed by atoms with Crippen molar-refractivity contribution in [3.63, 3.8) is 0 Å². The van der Waals surface area contributed by atoms with E-state index in [0.29, 0.717) is 10.6 Å². The number of nitro benzene ring substituents is 1. The highest BCUT2D eigenvalue weighted by Crippen LogP contribution is 2.59. The number of alkyl halides is 1. The van der Waals surface area contributed by atoms with E-state index < -0.39 is 5.97 Å². The molecule has 2 aliphatic rings. The number of hydrogen-bond donors (Lipinski definition) is 2. The highest BCUT2D eigenvalue weighted by molar-refractivity contribution is 8.00. The third-order valence-electron chi connectivity index (χ3n) is 7.58. The molecule has 5 atom stereocenters. The number of aromatic carboxylic acids is 1. The number of carboxylic acids is 1. The van der Waals surface area contributed by atoms with Crippen LogP contribution in [0, 0.1) is 16.0 Å². The predicted octanol–water partition coefficient (Wildman–Crippen LogP) is 7.48. The zero-order valence-electron chi connectivity index (χ0n) is 19.6. The molecule has 0 unspecified atom stereocenters. The van der Waals surface area contributed by atoms with Crippen LogP contribution >= 0.6 is 23.4 Å². The van der Waals surface area contributed by atoms with Gasteiger partial charge in [-0.05, 0) is 46.4 Å². The molecule has 4 aromatic rings. The van der Waals surface area contributed by atoms with E-state index >= 15 is 0 Å². The second kappa shape index (κ2) is 9.39. The first kappa shape index (κ1) is 23.8. The lowest BCUT2D eigenvalue weighted by atomic mass is 9.75. The molecule has 1 saturated carbocycles. The van der Waals surface area contributed by atoms with Crippen LogP contribution < -0.4 is 5.32 Å². The molecule has 37 heavy (non-hydrogen) atoms. The molecule has 0 saturated heterocycles. The number of nitrogens with one attached hydrogen (secondary N) is 1. The number of thioether (sulfide) groups is 1. The van der Waals surface area contributed by atoms with Gasteiger partial charge in [0.15, 0.2) is 0 Å². The summed E-state index contributed by atoms with van der Waals surface area (Å²) < 4.78 is 0. The summed E-state index contributed by atoms with van der Waals surface area (Å²) in [7, 11) is 0. The number of fused-ring (bicyclic) bond motifs is 4. The van der Waals surface area contributed by atoms with Gasteiger partial charge in [-0.15, -0.1) is 23.4 Å². The Bertz CT molecular complexity index is 1540. The first-order valence-corrected chi connectivity index (χ1v) is 13.4. The van der Waals surface area contributed by atoms with Gasteiger partial charge in [0.2, 0.25) is 0 Å². The van der Waals surface area contributed by atoms with Crippen molar-refractivity contribution in [1.29, 1.82) is 0 Å². The lowest BCUT2D eigenvalue weighted by molar-refractivity contribution is -0.387. The van der Waals surface area contributed by atoms with Gasteiger partial charge in [-0.3, -0.25) is 10.1 Å². The Balaban J connectivity index is 1.47. The van der Waals surface area contributed by atoms with Gasteiger partial charge in [0, 0.05) is 17.2 Å². The lowest BCUT2D eigenvalue weighted by Gasteiger charge is -2.39. The van der Waals surface area contributed by atoms with Crippen molar-refractivity contribution >= 4 is 51.5 Å². The quantitative estimate of drug-likeness (QED) is 0.158. The standard InChI is InChI=1S/C29H23ClN2O4S/c30-26-24(37-23-14-4-3-13-22(23)32(35)36)15-21-25(26)19-11-6-12-20(29(33)34)28(19)31-27(21)18-10-5-8-16-7-1-2-9-17(16)18/h1-14,21,24-27,31H,15H2,(H,33,34)/t21-,24-,25+,26-,27+/m0/s1. The summed E-state index contributed by atoms with van der Waals surface area (Å²) in [4.78, 5) is 24.1. The maximum atomic E-state index is 12.2. The van der Waals surface area contributed by atoms with E-state index in [1.807, 2.05) is 24.3 Å². The van der Waals surface area contributed by atoms with Crippen LogP contribution in [0.1, 0.15) is 39.9 Å². The number of benzene rings is 4. The second-order valence-electron chi connectivity index (χ2n) is 9.52. The summed E-state index contributed by atoms with van der Waals surface area (Å²) in [5.41, 5.74) is 2.89. The molecule has 6 rings (SSSR count). The fourth-order valence-electron chi connectivity index (χ4n) is 6.02. The number of para-hydroxylation sites is 2. The van der Waals surface area contributed by atoms with Crippen molar-refractivity contribution in [3.05, 3.63) is 112 Å². The lowest BCUT2D eigenvalue weighted by Crippen LogP contribution is -2.32. The summed E-state index contributed by atoms with van der Waals surface area (Å²) in [6, 6.07) is 26.3. The Kier molecular flexibility index (Phi) is 6.05. The minimum absolute atomic E-state index is 0.0727. The number of anilines is 1. The minimum Gasteiger partial charge on any atom is -0.478 e. The van der Waals surface area contributed by atoms with Crippen molar-refractivity contribution in [3.8, 4) is 0 Å². The van der Waals surface area contributed by atoms with Gasteiger partial charge in [0.1, 0.15) is 0 Å². The molecule has 4 aromatic carbocycles. The fraction of sp³-hybridized carbons (Fsp3) is 0.207. The molecule has 1 aliphatic carbocycles. The molecule has 2 N–H and O–H groups in total. The molecule has 0 bridgehead atoms. The summed E-state index contributed by atoms with van der Waals surface area (Å²) in [5, 5.41) is 27.0. The van der Waals surface area contributed by atoms with E-state index in [9.17, 15) is 20.0 Å². The average molecular weight is 531 g/mol. The largest absolute Gasteiger partial charge is 0.478 e. The topological polar surface area (TPSA) is 92.5 Å². The van der Waals surface area contributed by atoms with Gasteiger partial charge < -0.3 is 10.4 Å². The molecule has 0 aromatic heterocycles. The van der Waals surface area contributed by atoms with Crippen molar-refractivity contribution in [2.24, 2.45) is 5.92 Å². The first-order valence-electron chi connectivity index (χ1n) is 12.1. The number of halogens is 1. The third-order valence-corrected chi connectivity index (χ3v) is 9.69. The highest BCUT2D eigenvalue weighted by atomic mass is 35.5. The van der Waals surface area contributed by atoms with Gasteiger partial charge in [0.25, 0.3) is 5.69 Å². The van der Waals surface area contributed by atoms with Gasteiger partial charge in [-0.1, -0.05) is 66.7 Å². The summed E-state index contributed by atoms with van der Waals surface area (Å²) in [5.74, 6) is -1.03. The third kappa shape index (κ3) is 4.03. The summed E-state index contributed by atoms with van der Waals surface area (Å²) in [6.45, 7) is 0. The molecule has 0 amide bonds. The maximum Gasteiger partial charge on any atom is 0.337 e. The van der Waals surface area contributed by atoms with Crippen LogP contribution in [0.5, 0.6) is 0 Å². The number of nitro groups is 1. The second-order valence-corrected chi connectivity index (χ2v) is 11.3. The van der Waals surface area contributed by atoms with Gasteiger partial charge >= 0.3 is 5.97 Å². The van der Waals surface area contributed by atoms with Crippen LogP contribution in [0.2, 0.25) is 0 Å². The smallest absolute Gasteiger partial charge is 0.337 e. The minimum atomic E-state index is -0.991. The Morgan fingerprint density at radius 2 is 1.68 bits per heavy atom. The first-order chi connectivity index (χ1) is 17.9. The monoisotopic (exact) mass is 530 g/mol.